The van der Waals surface area contributed by atoms with Crippen LogP contribution in [0.3, 0.4) is 0 Å². The van der Waals surface area contributed by atoms with Gasteiger partial charge in [0, 0.05) is 0 Å². The Kier molecular flexibility index (Phi) is 4.57. The van der Waals surface area contributed by atoms with Gasteiger partial charge in [0.2, 0.25) is 0 Å². The van der Waals surface area contributed by atoms with E-state index in [1.165, 1.54) is 6.08 Å². The smallest absolute Gasteiger partial charge is 0.273 e. The third-order valence-corrected chi connectivity index (χ3v) is 3.74. The van der Waals surface area contributed by atoms with Crippen LogP contribution in [0.4, 0.5) is 10.5 Å². The molecule has 1 aliphatic rings. The van der Waals surface area contributed by atoms with Gasteiger partial charge in [0.05, 0.1) is 5.69 Å². The van der Waals surface area contributed by atoms with E-state index in [4.69, 9.17) is 0 Å². The summed E-state index contributed by atoms with van der Waals surface area (Å²) in [6.07, 6.45) is 4.81. The van der Waals surface area contributed by atoms with Gasteiger partial charge in [0.25, 0.3) is 11.8 Å². The Morgan fingerprint density at radius 1 is 0.920 bits per heavy atom. The van der Waals surface area contributed by atoms with Gasteiger partial charge in [-0.25, -0.2) is 9.69 Å². The lowest BCUT2D eigenvalue weighted by Gasteiger charge is -2.26. The first-order valence-corrected chi connectivity index (χ1v) is 7.76. The van der Waals surface area contributed by atoms with Gasteiger partial charge < -0.3 is 0 Å². The second-order valence-corrected chi connectivity index (χ2v) is 5.59. The van der Waals surface area contributed by atoms with Crippen molar-refractivity contribution in [2.45, 2.75) is 6.92 Å². The molecular formula is C20H16N2O3. The standard InChI is InChI=1S/C20H16N2O3/c1-14-10-12-16(13-11-14)22-19(24)17(18(23)21-20(22)25)9-5-8-15-6-3-2-4-7-15/h2-13H,1H3,(H,21,23,25). The third kappa shape index (κ3) is 3.55. The van der Waals surface area contributed by atoms with Gasteiger partial charge >= 0.3 is 6.03 Å². The first-order chi connectivity index (χ1) is 12.1. The first-order valence-electron chi connectivity index (χ1n) is 7.76. The number of nitrogens with one attached hydrogen (secondary N) is 1. The zero-order valence-corrected chi connectivity index (χ0v) is 13.6. The van der Waals surface area contributed by atoms with Crippen molar-refractivity contribution < 1.29 is 14.4 Å². The molecule has 124 valence electrons. The average molecular weight is 332 g/mol. The highest BCUT2D eigenvalue weighted by molar-refractivity contribution is 6.37. The number of aryl methyl sites for hydroxylation is 1. The Balaban J connectivity index is 1.88. The van der Waals surface area contributed by atoms with Gasteiger partial charge in [0.15, 0.2) is 0 Å². The van der Waals surface area contributed by atoms with Gasteiger partial charge in [-0.05, 0) is 30.7 Å². The maximum absolute atomic E-state index is 12.6. The van der Waals surface area contributed by atoms with E-state index in [1.54, 1.807) is 36.4 Å². The van der Waals surface area contributed by atoms with Crippen LogP contribution >= 0.6 is 0 Å². The number of nitrogens with zero attached hydrogens (tertiary/aromatic N) is 1. The van der Waals surface area contributed by atoms with Crippen LogP contribution in [-0.4, -0.2) is 17.8 Å². The van der Waals surface area contributed by atoms with Crippen LogP contribution in [0.15, 0.2) is 72.3 Å². The molecule has 2 aromatic rings. The number of imide groups is 2. The van der Waals surface area contributed by atoms with Crippen molar-refractivity contribution in [3.05, 3.63) is 83.4 Å². The quantitative estimate of drug-likeness (QED) is 0.693. The molecule has 0 saturated carbocycles. The van der Waals surface area contributed by atoms with Gasteiger partial charge in [-0.2, -0.15) is 0 Å². The number of urea groups is 1. The third-order valence-electron chi connectivity index (χ3n) is 3.74. The van der Waals surface area contributed by atoms with Crippen molar-refractivity contribution in [1.29, 1.82) is 0 Å². The fourth-order valence-corrected chi connectivity index (χ4v) is 2.43. The lowest BCUT2D eigenvalue weighted by atomic mass is 10.1. The summed E-state index contributed by atoms with van der Waals surface area (Å²) >= 11 is 0. The number of allylic oxidation sites excluding steroid dienone is 2. The number of hydrogen-bond acceptors (Lipinski definition) is 3. The molecular weight excluding hydrogens is 316 g/mol. The molecule has 1 aliphatic heterocycles. The molecule has 3 rings (SSSR count). The molecule has 0 unspecified atom stereocenters. The number of benzene rings is 2. The minimum atomic E-state index is -0.747. The Hall–Kier alpha value is -3.47. The average Bonchev–Trinajstić information content (AvgIpc) is 2.60. The zero-order chi connectivity index (χ0) is 17.8. The minimum Gasteiger partial charge on any atom is -0.273 e. The van der Waals surface area contributed by atoms with Crippen LogP contribution in [0.2, 0.25) is 0 Å². The highest BCUT2D eigenvalue weighted by atomic mass is 16.2. The van der Waals surface area contributed by atoms with Crippen LogP contribution in [0.1, 0.15) is 11.1 Å². The highest BCUT2D eigenvalue weighted by Crippen LogP contribution is 2.21. The molecule has 2 aromatic carbocycles. The van der Waals surface area contributed by atoms with Crippen LogP contribution in [0.5, 0.6) is 0 Å². The molecule has 0 aliphatic carbocycles. The topological polar surface area (TPSA) is 66.5 Å². The van der Waals surface area contributed by atoms with Crippen molar-refractivity contribution in [1.82, 2.24) is 5.32 Å². The van der Waals surface area contributed by atoms with E-state index in [9.17, 15) is 14.4 Å². The normalized spacial score (nSPS) is 16.6. The summed E-state index contributed by atoms with van der Waals surface area (Å²) in [5.41, 5.74) is 2.27. The number of anilines is 1. The molecule has 0 bridgehead atoms. The maximum Gasteiger partial charge on any atom is 0.335 e. The van der Waals surface area contributed by atoms with E-state index < -0.39 is 17.8 Å². The summed E-state index contributed by atoms with van der Waals surface area (Å²) < 4.78 is 0. The molecule has 1 N–H and O–H groups in total. The van der Waals surface area contributed by atoms with E-state index in [0.717, 1.165) is 16.0 Å². The van der Waals surface area contributed by atoms with E-state index in [2.05, 4.69) is 5.32 Å². The van der Waals surface area contributed by atoms with E-state index >= 15 is 0 Å². The number of carbonyl (C=O) groups is 3. The number of amides is 4. The molecule has 0 spiro atoms. The predicted molar refractivity (Wildman–Crippen MR) is 95.8 cm³/mol. The molecule has 0 aromatic heterocycles. The fraction of sp³-hybridized carbons (Fsp3) is 0.0500. The van der Waals surface area contributed by atoms with Gasteiger partial charge in [-0.3, -0.25) is 14.9 Å². The van der Waals surface area contributed by atoms with Crippen LogP contribution < -0.4 is 10.2 Å². The fourth-order valence-electron chi connectivity index (χ4n) is 2.43. The van der Waals surface area contributed by atoms with Crippen molar-refractivity contribution in [2.24, 2.45) is 0 Å². The summed E-state index contributed by atoms with van der Waals surface area (Å²) in [6, 6.07) is 15.7. The van der Waals surface area contributed by atoms with Crippen LogP contribution in [0.25, 0.3) is 6.08 Å². The van der Waals surface area contributed by atoms with Gasteiger partial charge in [0.1, 0.15) is 5.57 Å². The molecule has 1 fully saturated rings. The van der Waals surface area contributed by atoms with E-state index in [1.807, 2.05) is 37.3 Å². The Bertz CT molecular complexity index is 881. The Morgan fingerprint density at radius 3 is 2.28 bits per heavy atom. The van der Waals surface area contributed by atoms with Crippen LogP contribution in [0, 0.1) is 6.92 Å². The van der Waals surface area contributed by atoms with Crippen LogP contribution in [-0.2, 0) is 9.59 Å². The Labute approximate surface area is 145 Å². The molecule has 5 heteroatoms. The maximum atomic E-state index is 12.6. The number of hydrogen-bond donors (Lipinski definition) is 1. The SMILES string of the molecule is Cc1ccc(N2C(=O)NC(=O)C(=CC=Cc3ccccc3)C2=O)cc1. The monoisotopic (exact) mass is 332 g/mol. The largest absolute Gasteiger partial charge is 0.335 e. The van der Waals surface area contributed by atoms with Crippen molar-refractivity contribution >= 4 is 29.6 Å². The highest BCUT2D eigenvalue weighted by Gasteiger charge is 2.36. The van der Waals surface area contributed by atoms with Gasteiger partial charge in [-0.1, -0.05) is 60.2 Å². The summed E-state index contributed by atoms with van der Waals surface area (Å²) in [4.78, 5) is 37.7. The van der Waals surface area contributed by atoms with Crippen molar-refractivity contribution in [2.75, 3.05) is 4.90 Å². The molecule has 4 amide bonds. The number of rotatable bonds is 3. The lowest BCUT2D eigenvalue weighted by molar-refractivity contribution is -0.122. The number of barbiturate groups is 1. The summed E-state index contributed by atoms with van der Waals surface area (Å²) in [6.45, 7) is 1.91. The molecule has 1 heterocycles. The molecule has 0 atom stereocenters. The van der Waals surface area contributed by atoms with E-state index in [-0.39, 0.29) is 5.57 Å². The number of carbonyl (C=O) groups excluding carboxylic acids is 3. The van der Waals surface area contributed by atoms with Crippen molar-refractivity contribution in [3.63, 3.8) is 0 Å². The second kappa shape index (κ2) is 6.97. The van der Waals surface area contributed by atoms with Gasteiger partial charge in [-0.15, -0.1) is 0 Å². The molecule has 25 heavy (non-hydrogen) atoms. The molecule has 1 saturated heterocycles. The summed E-state index contributed by atoms with van der Waals surface area (Å²) in [5, 5.41) is 2.20. The summed E-state index contributed by atoms with van der Waals surface area (Å²) in [7, 11) is 0. The first kappa shape index (κ1) is 16.4. The second-order valence-electron chi connectivity index (χ2n) is 5.59. The summed E-state index contributed by atoms with van der Waals surface area (Å²) in [5.74, 6) is -1.34. The Morgan fingerprint density at radius 2 is 1.60 bits per heavy atom. The lowest BCUT2D eigenvalue weighted by Crippen LogP contribution is -2.54. The predicted octanol–water partition coefficient (Wildman–Crippen LogP) is 3.22. The van der Waals surface area contributed by atoms with E-state index in [0.29, 0.717) is 5.69 Å². The minimum absolute atomic E-state index is 0.0904. The van der Waals surface area contributed by atoms with Crippen molar-refractivity contribution in [3.8, 4) is 0 Å². The zero-order valence-electron chi connectivity index (χ0n) is 13.6. The molecule has 0 radical (unpaired) electrons. The molecule has 5 nitrogen and oxygen atoms in total.